The van der Waals surface area contributed by atoms with E-state index in [0.29, 0.717) is 6.42 Å². The van der Waals surface area contributed by atoms with Gasteiger partial charge in [-0.25, -0.2) is 0 Å². The number of carbonyl (C=O) groups is 1. The van der Waals surface area contributed by atoms with E-state index in [4.69, 9.17) is 0 Å². The molecule has 4 heteroatoms. The summed E-state index contributed by atoms with van der Waals surface area (Å²) >= 11 is 0. The van der Waals surface area contributed by atoms with E-state index in [0.717, 1.165) is 89.9 Å². The number of unbranched alkanes of at least 4 members (excludes halogenated alkanes) is 15. The molecular weight excluding hydrogens is 699 g/mol. The van der Waals surface area contributed by atoms with Crippen LogP contribution in [-0.2, 0) is 4.79 Å². The van der Waals surface area contributed by atoms with Gasteiger partial charge in [-0.15, -0.1) is 0 Å². The highest BCUT2D eigenvalue weighted by Crippen LogP contribution is 2.13. The fourth-order valence-electron chi connectivity index (χ4n) is 6.15. The van der Waals surface area contributed by atoms with Crippen molar-refractivity contribution in [1.82, 2.24) is 5.32 Å². The minimum absolute atomic E-state index is 0.122. The second-order valence-corrected chi connectivity index (χ2v) is 15.1. The third-order valence-electron chi connectivity index (χ3n) is 9.68. The molecular formula is C53H87NO3. The predicted molar refractivity (Wildman–Crippen MR) is 252 cm³/mol. The molecule has 0 heterocycles. The van der Waals surface area contributed by atoms with Crippen molar-refractivity contribution in [3.8, 4) is 0 Å². The van der Waals surface area contributed by atoms with Crippen LogP contribution in [0.5, 0.6) is 0 Å². The molecule has 2 atom stereocenters. The zero-order valence-electron chi connectivity index (χ0n) is 36.8. The van der Waals surface area contributed by atoms with Crippen LogP contribution >= 0.6 is 0 Å². The summed E-state index contributed by atoms with van der Waals surface area (Å²) in [5.74, 6) is -0.122. The summed E-state index contributed by atoms with van der Waals surface area (Å²) in [7, 11) is 0. The van der Waals surface area contributed by atoms with Crippen LogP contribution in [0.15, 0.2) is 122 Å². The second kappa shape index (κ2) is 47.2. The first-order valence-corrected chi connectivity index (χ1v) is 23.2. The van der Waals surface area contributed by atoms with Crippen molar-refractivity contribution in [1.29, 1.82) is 0 Å². The molecule has 0 fully saturated rings. The zero-order valence-corrected chi connectivity index (χ0v) is 36.8. The van der Waals surface area contributed by atoms with E-state index in [9.17, 15) is 15.0 Å². The molecule has 0 saturated carbocycles. The predicted octanol–water partition coefficient (Wildman–Crippen LogP) is 15.0. The van der Waals surface area contributed by atoms with Crippen molar-refractivity contribution < 1.29 is 15.0 Å². The molecule has 57 heavy (non-hydrogen) atoms. The summed E-state index contributed by atoms with van der Waals surface area (Å²) in [5, 5.41) is 23.0. The summed E-state index contributed by atoms with van der Waals surface area (Å²) in [5.41, 5.74) is 0. The lowest BCUT2D eigenvalue weighted by Crippen LogP contribution is -2.45. The van der Waals surface area contributed by atoms with Crippen LogP contribution in [0.4, 0.5) is 0 Å². The van der Waals surface area contributed by atoms with Crippen LogP contribution in [0.3, 0.4) is 0 Å². The van der Waals surface area contributed by atoms with E-state index < -0.39 is 12.1 Å². The highest BCUT2D eigenvalue weighted by Gasteiger charge is 2.17. The van der Waals surface area contributed by atoms with Crippen molar-refractivity contribution in [2.45, 2.75) is 199 Å². The SMILES string of the molecule is CC/C=C\C/C=C\C/C=C\C/C=C\C/C=C\C/C=C\C/C=C\C/C=C\CCCCC(=O)NC(CO)C(O)/C=C/CC/C=C/CCCCCCCCCCCCCC. The number of hydrogen-bond donors (Lipinski definition) is 3. The molecule has 0 aliphatic heterocycles. The van der Waals surface area contributed by atoms with Crippen LogP contribution in [0, 0.1) is 0 Å². The Kier molecular flexibility index (Phi) is 44.5. The average molecular weight is 786 g/mol. The lowest BCUT2D eigenvalue weighted by atomic mass is 10.0. The first kappa shape index (κ1) is 53.8. The van der Waals surface area contributed by atoms with Gasteiger partial charge in [0.25, 0.3) is 0 Å². The summed E-state index contributed by atoms with van der Waals surface area (Å²) in [6.45, 7) is 4.15. The van der Waals surface area contributed by atoms with Crippen molar-refractivity contribution in [2.24, 2.45) is 0 Å². The quantitative estimate of drug-likeness (QED) is 0.0428. The highest BCUT2D eigenvalue weighted by atomic mass is 16.3. The van der Waals surface area contributed by atoms with E-state index in [1.807, 2.05) is 6.08 Å². The summed E-state index contributed by atoms with van der Waals surface area (Å²) in [6, 6.07) is -0.672. The maximum atomic E-state index is 12.4. The fraction of sp³-hybridized carbons (Fsp3) is 0.604. The maximum absolute atomic E-state index is 12.4. The molecule has 0 spiro atoms. The van der Waals surface area contributed by atoms with Crippen molar-refractivity contribution in [3.63, 3.8) is 0 Å². The van der Waals surface area contributed by atoms with Gasteiger partial charge < -0.3 is 15.5 Å². The normalized spacial score (nSPS) is 14.1. The lowest BCUT2D eigenvalue weighted by Gasteiger charge is -2.19. The molecule has 3 N–H and O–H groups in total. The third kappa shape index (κ3) is 43.8. The Morgan fingerprint density at radius 3 is 1.23 bits per heavy atom. The second-order valence-electron chi connectivity index (χ2n) is 15.1. The average Bonchev–Trinajstić information content (AvgIpc) is 3.22. The van der Waals surface area contributed by atoms with E-state index in [1.165, 1.54) is 77.0 Å². The van der Waals surface area contributed by atoms with Gasteiger partial charge in [-0.1, -0.05) is 206 Å². The summed E-state index contributed by atoms with van der Waals surface area (Å²) < 4.78 is 0. The Hall–Kier alpha value is -3.21. The lowest BCUT2D eigenvalue weighted by molar-refractivity contribution is -0.123. The topological polar surface area (TPSA) is 69.6 Å². The number of rotatable bonds is 40. The third-order valence-corrected chi connectivity index (χ3v) is 9.68. The van der Waals surface area contributed by atoms with Crippen LogP contribution < -0.4 is 5.32 Å². The molecule has 0 aromatic heterocycles. The zero-order chi connectivity index (χ0) is 41.4. The van der Waals surface area contributed by atoms with Gasteiger partial charge in [-0.2, -0.15) is 0 Å². The van der Waals surface area contributed by atoms with E-state index in [1.54, 1.807) is 6.08 Å². The van der Waals surface area contributed by atoms with Crippen molar-refractivity contribution in [2.75, 3.05) is 6.61 Å². The van der Waals surface area contributed by atoms with Crippen LogP contribution in [0.25, 0.3) is 0 Å². The van der Waals surface area contributed by atoms with Crippen molar-refractivity contribution >= 4 is 5.91 Å². The Labute approximate surface area is 352 Å². The highest BCUT2D eigenvalue weighted by molar-refractivity contribution is 5.76. The fourth-order valence-corrected chi connectivity index (χ4v) is 6.15. The van der Waals surface area contributed by atoms with E-state index >= 15 is 0 Å². The van der Waals surface area contributed by atoms with Crippen LogP contribution in [0.1, 0.15) is 187 Å². The van der Waals surface area contributed by atoms with E-state index in [-0.39, 0.29) is 12.5 Å². The van der Waals surface area contributed by atoms with Gasteiger partial charge in [-0.3, -0.25) is 4.79 Å². The first-order valence-electron chi connectivity index (χ1n) is 23.2. The number of hydrogen-bond acceptors (Lipinski definition) is 3. The number of allylic oxidation sites excluding steroid dienone is 19. The number of aliphatic hydroxyl groups excluding tert-OH is 2. The molecule has 0 aromatic rings. The molecule has 0 saturated heterocycles. The number of carbonyl (C=O) groups excluding carboxylic acids is 1. The maximum Gasteiger partial charge on any atom is 0.220 e. The largest absolute Gasteiger partial charge is 0.394 e. The summed E-state index contributed by atoms with van der Waals surface area (Å²) in [6.07, 6.45) is 73.1. The Bertz CT molecular complexity index is 1160. The van der Waals surface area contributed by atoms with Gasteiger partial charge in [-0.05, 0) is 96.3 Å². The molecule has 322 valence electrons. The molecule has 0 aromatic carbocycles. The molecule has 0 aliphatic carbocycles. The molecule has 1 amide bonds. The molecule has 0 radical (unpaired) electrons. The molecule has 0 aliphatic rings. The van der Waals surface area contributed by atoms with E-state index in [2.05, 4.69) is 129 Å². The Morgan fingerprint density at radius 1 is 0.439 bits per heavy atom. The number of aliphatic hydroxyl groups is 2. The minimum atomic E-state index is -0.889. The van der Waals surface area contributed by atoms with Gasteiger partial charge in [0.2, 0.25) is 5.91 Å². The van der Waals surface area contributed by atoms with Gasteiger partial charge in [0.1, 0.15) is 0 Å². The van der Waals surface area contributed by atoms with Crippen LogP contribution in [0.2, 0.25) is 0 Å². The smallest absolute Gasteiger partial charge is 0.220 e. The van der Waals surface area contributed by atoms with Gasteiger partial charge in [0, 0.05) is 6.42 Å². The Morgan fingerprint density at radius 2 is 0.789 bits per heavy atom. The molecule has 2 unspecified atom stereocenters. The van der Waals surface area contributed by atoms with Gasteiger partial charge >= 0.3 is 0 Å². The number of amides is 1. The van der Waals surface area contributed by atoms with Gasteiger partial charge in [0.15, 0.2) is 0 Å². The molecule has 4 nitrogen and oxygen atoms in total. The molecule has 0 rings (SSSR count). The van der Waals surface area contributed by atoms with Gasteiger partial charge in [0.05, 0.1) is 18.8 Å². The van der Waals surface area contributed by atoms with Crippen LogP contribution in [-0.4, -0.2) is 34.9 Å². The monoisotopic (exact) mass is 786 g/mol. The number of nitrogens with one attached hydrogen (secondary N) is 1. The molecule has 0 bridgehead atoms. The first-order chi connectivity index (χ1) is 28.2. The standard InChI is InChI=1S/C53H87NO3/c1-3-5-7-9-11-13-15-17-19-21-23-24-25-26-27-28-29-30-31-33-35-37-39-41-43-45-47-49-53(57)54-51(50-55)52(56)48-46-44-42-40-38-36-34-32-22-20-18-16-14-12-10-8-6-4-2/h5,7,11,13,17,19,23-24,26-27,29-30,33,35,38-41,46,48,51-52,55-56H,3-4,6,8-10,12,14-16,18,20-22,25,28,31-32,34,36-37,42-45,47,49-50H2,1-2H3,(H,54,57)/b7-5-,13-11-,19-17-,24-23-,27-26-,30-29-,35-33-,40-38+,41-39-,48-46+. The van der Waals surface area contributed by atoms with Crippen molar-refractivity contribution in [3.05, 3.63) is 122 Å². The minimum Gasteiger partial charge on any atom is -0.394 e. The Balaban J connectivity index is 3.78. The summed E-state index contributed by atoms with van der Waals surface area (Å²) in [4.78, 5) is 12.4.